The van der Waals surface area contributed by atoms with Gasteiger partial charge in [0.15, 0.2) is 0 Å². The molecule has 0 radical (unpaired) electrons. The fourth-order valence-corrected chi connectivity index (χ4v) is 5.41. The zero-order chi connectivity index (χ0) is 24.2. The van der Waals surface area contributed by atoms with Crippen LogP contribution in [0.25, 0.3) is 0 Å². The van der Waals surface area contributed by atoms with E-state index in [9.17, 15) is 28.8 Å². The van der Waals surface area contributed by atoms with E-state index in [1.165, 1.54) is 16.4 Å². The Hall–Kier alpha value is -1.95. The minimum absolute atomic E-state index is 0.0155. The van der Waals surface area contributed by atoms with Gasteiger partial charge in [-0.3, -0.25) is 0 Å². The number of halogens is 2. The van der Waals surface area contributed by atoms with Gasteiger partial charge in [0.1, 0.15) is 23.0 Å². The molecule has 12 heteroatoms. The van der Waals surface area contributed by atoms with Crippen molar-refractivity contribution in [2.45, 2.75) is 12.3 Å². The normalized spacial score (nSPS) is 15.2. The van der Waals surface area contributed by atoms with Crippen LogP contribution >= 0.6 is 23.2 Å². The number of nitrogens with one attached hydrogen (secondary N) is 1. The summed E-state index contributed by atoms with van der Waals surface area (Å²) in [6.07, 6.45) is 0.320. The Morgan fingerprint density at radius 2 is 1.39 bits per heavy atom. The summed E-state index contributed by atoms with van der Waals surface area (Å²) < 4.78 is 31.5. The Bertz CT molecular complexity index is 1040. The first-order valence-corrected chi connectivity index (χ1v) is 12.7. The van der Waals surface area contributed by atoms with Crippen LogP contribution in [0.1, 0.15) is 23.5 Å². The number of hydrogen-bond donors (Lipinski definition) is 5. The molecule has 1 heterocycles. The van der Waals surface area contributed by atoms with E-state index in [1.807, 2.05) is 0 Å². The Balaban J connectivity index is 1.73. The maximum absolute atomic E-state index is 12.4. The first-order valence-electron chi connectivity index (χ1n) is 10.3. The molecule has 9 nitrogen and oxygen atoms in total. The molecule has 0 unspecified atom stereocenters. The molecule has 0 spiro atoms. The molecule has 5 N–H and O–H groups in total. The van der Waals surface area contributed by atoms with Gasteiger partial charge in [0.25, 0.3) is 0 Å². The highest BCUT2D eigenvalue weighted by atomic mass is 35.5. The number of hydrogen-bond acceptors (Lipinski definition) is 8. The largest absolute Gasteiger partial charge is 0.508 e. The number of ether oxygens (including phenoxy) is 1. The van der Waals surface area contributed by atoms with Gasteiger partial charge in [-0.2, -0.15) is 4.31 Å². The summed E-state index contributed by atoms with van der Waals surface area (Å²) in [7, 11) is -3.40. The van der Waals surface area contributed by atoms with Gasteiger partial charge in [0, 0.05) is 48.8 Å². The first-order chi connectivity index (χ1) is 15.6. The lowest BCUT2D eigenvalue weighted by Gasteiger charge is -2.26. The lowest BCUT2D eigenvalue weighted by Crippen LogP contribution is -2.43. The van der Waals surface area contributed by atoms with Gasteiger partial charge < -0.3 is 30.5 Å². The summed E-state index contributed by atoms with van der Waals surface area (Å²) in [5.74, 6) is -1.76. The van der Waals surface area contributed by atoms with Crippen LogP contribution in [0, 0.1) is 0 Å². The lowest BCUT2D eigenvalue weighted by molar-refractivity contribution is 0.0730. The second-order valence-electron chi connectivity index (χ2n) is 7.64. The molecule has 3 rings (SSSR count). The van der Waals surface area contributed by atoms with E-state index >= 15 is 0 Å². The van der Waals surface area contributed by atoms with Gasteiger partial charge >= 0.3 is 0 Å². The monoisotopic (exact) mass is 520 g/mol. The Labute approximate surface area is 202 Å². The number of benzene rings is 2. The van der Waals surface area contributed by atoms with Crippen LogP contribution in [0.5, 0.6) is 23.0 Å². The first kappa shape index (κ1) is 25.7. The topological polar surface area (TPSA) is 140 Å². The summed E-state index contributed by atoms with van der Waals surface area (Å²) in [4.78, 5) is 0. The Kier molecular flexibility index (Phi) is 8.54. The number of sulfonamides is 1. The molecule has 0 atom stereocenters. The number of phenols is 4. The van der Waals surface area contributed by atoms with Gasteiger partial charge in [0.2, 0.25) is 10.0 Å². The molecule has 2 aromatic rings. The van der Waals surface area contributed by atoms with E-state index in [0.29, 0.717) is 50.4 Å². The van der Waals surface area contributed by atoms with Crippen LogP contribution < -0.4 is 5.32 Å². The number of rotatable bonds is 9. The molecule has 2 aromatic carbocycles. The van der Waals surface area contributed by atoms with Crippen molar-refractivity contribution in [1.82, 2.24) is 9.62 Å². The second-order valence-corrected chi connectivity index (χ2v) is 10.5. The highest BCUT2D eigenvalue weighted by Crippen LogP contribution is 2.44. The van der Waals surface area contributed by atoms with Crippen molar-refractivity contribution in [2.24, 2.45) is 0 Å². The fraction of sp³-hybridized carbons (Fsp3) is 0.429. The molecular weight excluding hydrogens is 495 g/mol. The van der Waals surface area contributed by atoms with E-state index < -0.39 is 15.9 Å². The van der Waals surface area contributed by atoms with Gasteiger partial charge in [-0.1, -0.05) is 23.2 Å². The van der Waals surface area contributed by atoms with Gasteiger partial charge in [-0.05, 0) is 25.1 Å². The van der Waals surface area contributed by atoms with Gasteiger partial charge in [-0.25, -0.2) is 8.42 Å². The maximum Gasteiger partial charge on any atom is 0.215 e. The van der Waals surface area contributed by atoms with Crippen molar-refractivity contribution < 1.29 is 33.6 Å². The SMILES string of the molecule is O=S(=O)(CCNCCC(c1cc(Cl)c(O)cc1O)c1cc(Cl)c(O)cc1O)N1CCOCC1. The van der Waals surface area contributed by atoms with E-state index in [-0.39, 0.29) is 45.3 Å². The van der Waals surface area contributed by atoms with Crippen LogP contribution in [0.3, 0.4) is 0 Å². The third-order valence-corrected chi connectivity index (χ3v) is 7.93. The van der Waals surface area contributed by atoms with Crippen LogP contribution in [0.15, 0.2) is 24.3 Å². The van der Waals surface area contributed by atoms with Crippen molar-refractivity contribution in [3.63, 3.8) is 0 Å². The third-order valence-electron chi connectivity index (χ3n) is 5.45. The molecule has 1 fully saturated rings. The van der Waals surface area contributed by atoms with Gasteiger partial charge in [0.05, 0.1) is 29.0 Å². The van der Waals surface area contributed by atoms with Crippen molar-refractivity contribution in [3.8, 4) is 23.0 Å². The van der Waals surface area contributed by atoms with Crippen LogP contribution in [0.4, 0.5) is 0 Å². The molecule has 0 saturated carbocycles. The van der Waals surface area contributed by atoms with E-state index in [1.54, 1.807) is 0 Å². The second kappa shape index (κ2) is 11.0. The summed E-state index contributed by atoms with van der Waals surface area (Å²) in [6, 6.07) is 4.98. The molecule has 0 amide bonds. The third kappa shape index (κ3) is 6.34. The molecule has 1 aliphatic rings. The Morgan fingerprint density at radius 1 is 0.879 bits per heavy atom. The van der Waals surface area contributed by atoms with Crippen LogP contribution in [0.2, 0.25) is 10.0 Å². The highest BCUT2D eigenvalue weighted by molar-refractivity contribution is 7.89. The molecule has 1 aliphatic heterocycles. The molecular formula is C21H26Cl2N2O7S. The number of phenolic OH excluding ortho intramolecular Hbond substituents is 4. The summed E-state index contributed by atoms with van der Waals surface area (Å²) in [5, 5.41) is 43.5. The summed E-state index contributed by atoms with van der Waals surface area (Å²) in [5.41, 5.74) is 0.662. The summed E-state index contributed by atoms with van der Waals surface area (Å²) in [6.45, 7) is 1.98. The number of nitrogens with zero attached hydrogens (tertiary/aromatic N) is 1. The highest BCUT2D eigenvalue weighted by Gasteiger charge is 2.25. The summed E-state index contributed by atoms with van der Waals surface area (Å²) >= 11 is 12.1. The van der Waals surface area contributed by atoms with Gasteiger partial charge in [-0.15, -0.1) is 0 Å². The average molecular weight is 521 g/mol. The predicted molar refractivity (Wildman–Crippen MR) is 125 cm³/mol. The fourth-order valence-electron chi connectivity index (χ4n) is 3.70. The van der Waals surface area contributed by atoms with Crippen LogP contribution in [-0.2, 0) is 14.8 Å². The van der Waals surface area contributed by atoms with Crippen LogP contribution in [-0.4, -0.2) is 78.3 Å². The zero-order valence-corrected chi connectivity index (χ0v) is 20.0. The van der Waals surface area contributed by atoms with Crippen molar-refractivity contribution >= 4 is 33.2 Å². The molecule has 0 aromatic heterocycles. The standard InChI is InChI=1S/C21H26Cl2N2O7S/c22-16-9-14(18(26)11-20(16)28)13(15-10-17(23)21(29)12-19(15)27)1-2-24-3-8-33(30,31)25-4-6-32-7-5-25/h9-13,24,26-29H,1-8H2. The average Bonchev–Trinajstić information content (AvgIpc) is 2.77. The minimum Gasteiger partial charge on any atom is -0.508 e. The van der Waals surface area contributed by atoms with E-state index in [4.69, 9.17) is 27.9 Å². The predicted octanol–water partition coefficient (Wildman–Crippen LogP) is 2.59. The number of morpholine rings is 1. The number of aromatic hydroxyl groups is 4. The lowest BCUT2D eigenvalue weighted by atomic mass is 9.87. The molecule has 1 saturated heterocycles. The maximum atomic E-state index is 12.4. The smallest absolute Gasteiger partial charge is 0.215 e. The van der Waals surface area contributed by atoms with E-state index in [2.05, 4.69) is 5.32 Å². The molecule has 0 bridgehead atoms. The minimum atomic E-state index is -3.40. The van der Waals surface area contributed by atoms with Crippen molar-refractivity contribution in [1.29, 1.82) is 0 Å². The van der Waals surface area contributed by atoms with E-state index in [0.717, 1.165) is 12.1 Å². The Morgan fingerprint density at radius 3 is 1.91 bits per heavy atom. The molecule has 0 aliphatic carbocycles. The molecule has 33 heavy (non-hydrogen) atoms. The zero-order valence-electron chi connectivity index (χ0n) is 17.7. The molecule has 182 valence electrons. The quantitative estimate of drug-likeness (QED) is 0.318. The van der Waals surface area contributed by atoms with Crippen molar-refractivity contribution in [3.05, 3.63) is 45.4 Å². The van der Waals surface area contributed by atoms with Crippen molar-refractivity contribution in [2.75, 3.05) is 45.1 Å².